The highest BCUT2D eigenvalue weighted by atomic mass is 35.5. The van der Waals surface area contributed by atoms with Gasteiger partial charge in [0.25, 0.3) is 0 Å². The molecule has 0 spiro atoms. The van der Waals surface area contributed by atoms with Crippen molar-refractivity contribution in [2.75, 3.05) is 0 Å². The van der Waals surface area contributed by atoms with Crippen molar-refractivity contribution < 1.29 is 9.90 Å². The molecule has 0 saturated carbocycles. The fourth-order valence-electron chi connectivity index (χ4n) is 3.14. The maximum absolute atomic E-state index is 10.6. The second-order valence-electron chi connectivity index (χ2n) is 6.79. The minimum absolute atomic E-state index is 0.0475. The quantitative estimate of drug-likeness (QED) is 0.353. The summed E-state index contributed by atoms with van der Waals surface area (Å²) in [5, 5.41) is 27.2. The maximum atomic E-state index is 10.6. The average molecular weight is 465 g/mol. The van der Waals surface area contributed by atoms with Crippen LogP contribution in [0.5, 0.6) is 5.75 Å². The Balaban J connectivity index is 0.000000207. The second-order valence-corrected chi connectivity index (χ2v) is 7.57. The largest absolute Gasteiger partial charge is 0.507 e. The molecular weight excluding hydrogens is 447 g/mol. The summed E-state index contributed by atoms with van der Waals surface area (Å²) in [5.41, 5.74) is 8.20. The number of hydrogen-bond donors (Lipinski definition) is 3. The zero-order valence-electron chi connectivity index (χ0n) is 16.7. The lowest BCUT2D eigenvalue weighted by atomic mass is 10.1. The minimum Gasteiger partial charge on any atom is -0.507 e. The lowest BCUT2D eigenvalue weighted by Crippen LogP contribution is -2.10. The van der Waals surface area contributed by atoms with E-state index in [1.165, 1.54) is 24.4 Å². The van der Waals surface area contributed by atoms with Crippen molar-refractivity contribution >= 4 is 46.2 Å². The lowest BCUT2D eigenvalue weighted by Gasteiger charge is -2.09. The predicted octanol–water partition coefficient (Wildman–Crippen LogP) is 5.36. The molecule has 0 radical (unpaired) electrons. The van der Waals surface area contributed by atoms with E-state index in [9.17, 15) is 4.79 Å². The van der Waals surface area contributed by atoms with Crippen LogP contribution in [0, 0.1) is 16.7 Å². The van der Waals surface area contributed by atoms with Crippen molar-refractivity contribution in [3.05, 3.63) is 99.2 Å². The van der Waals surface area contributed by atoms with Crippen LogP contribution in [-0.4, -0.2) is 21.8 Å². The number of rotatable bonds is 4. The minimum atomic E-state index is -0.619. The van der Waals surface area contributed by atoms with Crippen LogP contribution in [-0.2, 0) is 6.54 Å². The third-order valence-corrected chi connectivity index (χ3v) is 5.63. The number of nitriles is 1. The Morgan fingerprint density at radius 3 is 2.59 bits per heavy atom. The van der Waals surface area contributed by atoms with E-state index in [-0.39, 0.29) is 16.9 Å². The van der Waals surface area contributed by atoms with Crippen LogP contribution in [0.3, 0.4) is 0 Å². The van der Waals surface area contributed by atoms with Crippen molar-refractivity contribution in [2.45, 2.75) is 6.54 Å². The number of carbonyl (C=O) groups is 1. The van der Waals surface area contributed by atoms with Gasteiger partial charge in [-0.15, -0.1) is 0 Å². The number of halogens is 2. The number of nitrogens with two attached hydrogens (primary N) is 1. The van der Waals surface area contributed by atoms with Crippen molar-refractivity contribution in [1.82, 2.24) is 4.57 Å². The van der Waals surface area contributed by atoms with Gasteiger partial charge in [0.1, 0.15) is 11.8 Å². The first-order valence-corrected chi connectivity index (χ1v) is 10.2. The van der Waals surface area contributed by atoms with E-state index < -0.39 is 5.91 Å². The molecule has 1 aromatic heterocycles. The molecule has 0 aliphatic carbocycles. The summed E-state index contributed by atoms with van der Waals surface area (Å²) in [6.07, 6.45) is 3.38. The Kier molecular flexibility index (Phi) is 7.16. The summed E-state index contributed by atoms with van der Waals surface area (Å²) in [4.78, 5) is 10.6. The highest BCUT2D eigenvalue weighted by Crippen LogP contribution is 2.28. The van der Waals surface area contributed by atoms with Crippen molar-refractivity contribution in [3.63, 3.8) is 0 Å². The molecule has 0 unspecified atom stereocenters. The predicted molar refractivity (Wildman–Crippen MR) is 127 cm³/mol. The Labute approximate surface area is 194 Å². The van der Waals surface area contributed by atoms with E-state index in [1.807, 2.05) is 42.6 Å². The molecule has 0 aliphatic rings. The Bertz CT molecular complexity index is 1360. The fraction of sp³-hybridized carbons (Fsp3) is 0.0417. The molecule has 4 rings (SSSR count). The SMILES string of the molecule is N#Cc1cc(C(N)=O)ccc1O.N=Cc1cccc2c1ccn2Cc1cccc(Cl)c1Cl. The van der Waals surface area contributed by atoms with Gasteiger partial charge in [0, 0.05) is 41.0 Å². The number of amides is 1. The molecule has 6 nitrogen and oxygen atoms in total. The van der Waals surface area contributed by atoms with Gasteiger partial charge in [-0.25, -0.2) is 0 Å². The summed E-state index contributed by atoms with van der Waals surface area (Å²) in [6, 6.07) is 19.2. The number of aromatic nitrogens is 1. The van der Waals surface area contributed by atoms with Crippen LogP contribution in [0.4, 0.5) is 0 Å². The van der Waals surface area contributed by atoms with Crippen molar-refractivity contribution in [2.24, 2.45) is 5.73 Å². The van der Waals surface area contributed by atoms with Crippen LogP contribution in [0.2, 0.25) is 10.0 Å². The van der Waals surface area contributed by atoms with E-state index in [0.717, 1.165) is 22.0 Å². The number of benzene rings is 3. The first-order chi connectivity index (χ1) is 15.3. The van der Waals surface area contributed by atoms with Crippen LogP contribution in [0.25, 0.3) is 10.9 Å². The molecule has 32 heavy (non-hydrogen) atoms. The molecule has 160 valence electrons. The fourth-order valence-corrected chi connectivity index (χ4v) is 3.52. The molecule has 8 heteroatoms. The summed E-state index contributed by atoms with van der Waals surface area (Å²) in [5.74, 6) is -0.769. The number of aromatic hydroxyl groups is 1. The highest BCUT2D eigenvalue weighted by molar-refractivity contribution is 6.42. The summed E-state index contributed by atoms with van der Waals surface area (Å²) < 4.78 is 2.11. The van der Waals surface area contributed by atoms with Gasteiger partial charge in [0.2, 0.25) is 5.91 Å². The van der Waals surface area contributed by atoms with Crippen LogP contribution >= 0.6 is 23.2 Å². The monoisotopic (exact) mass is 464 g/mol. The van der Waals surface area contributed by atoms with Gasteiger partial charge in [-0.05, 0) is 42.0 Å². The number of phenolic OH excluding ortho intramolecular Hbond substituents is 1. The smallest absolute Gasteiger partial charge is 0.248 e. The number of phenols is 1. The molecule has 0 bridgehead atoms. The number of fused-ring (bicyclic) bond motifs is 1. The third-order valence-electron chi connectivity index (χ3n) is 4.78. The molecule has 0 saturated heterocycles. The Morgan fingerprint density at radius 1 is 1.16 bits per heavy atom. The molecule has 3 aromatic carbocycles. The zero-order valence-corrected chi connectivity index (χ0v) is 18.2. The van der Waals surface area contributed by atoms with Gasteiger partial charge in [-0.3, -0.25) is 4.79 Å². The zero-order chi connectivity index (χ0) is 23.3. The standard InChI is InChI=1S/C16H12Cl2N2.C8H6N2O2/c17-14-5-1-4-12(16(14)18)10-20-8-7-13-11(9-19)3-2-6-15(13)20;9-4-6-3-5(8(10)12)1-2-7(6)11/h1-9,19H,10H2;1-3,11H,(H2,10,12). The topological polar surface area (TPSA) is 116 Å². The van der Waals surface area contributed by atoms with Gasteiger partial charge < -0.3 is 20.8 Å². The van der Waals surface area contributed by atoms with E-state index in [1.54, 1.807) is 12.1 Å². The van der Waals surface area contributed by atoms with Gasteiger partial charge in [-0.1, -0.05) is 47.5 Å². The van der Waals surface area contributed by atoms with Gasteiger partial charge >= 0.3 is 0 Å². The molecule has 1 heterocycles. The van der Waals surface area contributed by atoms with Crippen LogP contribution in [0.15, 0.2) is 66.9 Å². The van der Waals surface area contributed by atoms with Gasteiger partial charge in [0.05, 0.1) is 15.6 Å². The van der Waals surface area contributed by atoms with Crippen LogP contribution in [0.1, 0.15) is 27.0 Å². The number of carbonyl (C=O) groups excluding carboxylic acids is 1. The number of nitrogens with one attached hydrogen (secondary N) is 1. The molecule has 4 aromatic rings. The molecule has 0 fully saturated rings. The van der Waals surface area contributed by atoms with Crippen molar-refractivity contribution in [1.29, 1.82) is 10.7 Å². The molecule has 0 atom stereocenters. The van der Waals surface area contributed by atoms with Gasteiger partial charge in [0.15, 0.2) is 0 Å². The van der Waals surface area contributed by atoms with Gasteiger partial charge in [-0.2, -0.15) is 5.26 Å². The Hall–Kier alpha value is -3.79. The van der Waals surface area contributed by atoms with E-state index in [2.05, 4.69) is 4.57 Å². The molecule has 0 aliphatic heterocycles. The number of primary amides is 1. The first-order valence-electron chi connectivity index (χ1n) is 9.39. The van der Waals surface area contributed by atoms with Crippen molar-refractivity contribution in [3.8, 4) is 11.8 Å². The van der Waals surface area contributed by atoms with E-state index >= 15 is 0 Å². The van der Waals surface area contributed by atoms with E-state index in [4.69, 9.17) is 44.7 Å². The summed E-state index contributed by atoms with van der Waals surface area (Å²) in [7, 11) is 0. The average Bonchev–Trinajstić information content (AvgIpc) is 3.20. The maximum Gasteiger partial charge on any atom is 0.248 e. The normalized spacial score (nSPS) is 10.2. The Morgan fingerprint density at radius 2 is 1.91 bits per heavy atom. The van der Waals surface area contributed by atoms with E-state index in [0.29, 0.717) is 16.6 Å². The molecule has 4 N–H and O–H groups in total. The second kappa shape index (κ2) is 10.0. The highest BCUT2D eigenvalue weighted by Gasteiger charge is 2.08. The summed E-state index contributed by atoms with van der Waals surface area (Å²) in [6.45, 7) is 0.657. The third kappa shape index (κ3) is 4.92. The number of nitrogens with zero attached hydrogens (tertiary/aromatic N) is 2. The van der Waals surface area contributed by atoms with Crippen LogP contribution < -0.4 is 5.73 Å². The molecular formula is C24H18Cl2N4O2. The molecule has 1 amide bonds. The summed E-state index contributed by atoms with van der Waals surface area (Å²) >= 11 is 12.3. The first kappa shape index (κ1) is 22.9. The number of hydrogen-bond acceptors (Lipinski definition) is 4. The lowest BCUT2D eigenvalue weighted by molar-refractivity contribution is 0.1000.